The molecule has 2 heteroatoms. The molecule has 0 aliphatic rings. The van der Waals surface area contributed by atoms with Crippen molar-refractivity contribution >= 4 is 13.9 Å². The Morgan fingerprint density at radius 3 is 1.91 bits per heavy atom. The lowest BCUT2D eigenvalue weighted by atomic mass is 10.0. The number of rotatable bonds is 9. The summed E-state index contributed by atoms with van der Waals surface area (Å²) in [7, 11) is -1.71. The maximum Gasteiger partial charge on any atom is 0.200 e. The zero-order valence-corrected chi connectivity index (χ0v) is 16.4. The van der Waals surface area contributed by atoms with E-state index in [4.69, 9.17) is 4.43 Å². The summed E-state index contributed by atoms with van der Waals surface area (Å²) in [5.74, 6) is 0. The van der Waals surface area contributed by atoms with Gasteiger partial charge < -0.3 is 4.43 Å². The van der Waals surface area contributed by atoms with Gasteiger partial charge in [0.2, 0.25) is 0 Å². The lowest BCUT2D eigenvalue weighted by Crippen LogP contribution is -2.47. The molecular formula is C20H34OSi. The SMILES string of the molecule is C=C(CCCO[Si](C(C)C)(C(C)C)C(C)C)c1ccccc1. The molecule has 0 aliphatic heterocycles. The highest BCUT2D eigenvalue weighted by atomic mass is 28.4. The van der Waals surface area contributed by atoms with Crippen LogP contribution in [0, 0.1) is 0 Å². The van der Waals surface area contributed by atoms with E-state index in [0.29, 0.717) is 16.6 Å². The minimum atomic E-state index is -1.71. The summed E-state index contributed by atoms with van der Waals surface area (Å²) in [5.41, 5.74) is 4.44. The van der Waals surface area contributed by atoms with E-state index in [0.717, 1.165) is 19.4 Å². The van der Waals surface area contributed by atoms with Crippen molar-refractivity contribution in [3.8, 4) is 0 Å². The van der Waals surface area contributed by atoms with E-state index in [1.165, 1.54) is 11.1 Å². The van der Waals surface area contributed by atoms with Crippen LogP contribution in [-0.2, 0) is 4.43 Å². The van der Waals surface area contributed by atoms with Gasteiger partial charge in [-0.1, -0.05) is 78.5 Å². The molecule has 0 aliphatic carbocycles. The molecular weight excluding hydrogens is 284 g/mol. The van der Waals surface area contributed by atoms with Crippen molar-refractivity contribution in [2.45, 2.75) is 71.0 Å². The summed E-state index contributed by atoms with van der Waals surface area (Å²) < 4.78 is 6.60. The number of hydrogen-bond acceptors (Lipinski definition) is 1. The molecule has 1 aromatic rings. The smallest absolute Gasteiger partial charge is 0.200 e. The van der Waals surface area contributed by atoms with Crippen LogP contribution in [0.3, 0.4) is 0 Å². The molecule has 1 rings (SSSR count). The van der Waals surface area contributed by atoms with Gasteiger partial charge in [0.25, 0.3) is 0 Å². The largest absolute Gasteiger partial charge is 0.416 e. The molecule has 0 N–H and O–H groups in total. The van der Waals surface area contributed by atoms with Crippen LogP contribution in [0.2, 0.25) is 16.6 Å². The second-order valence-electron chi connectivity index (χ2n) is 7.24. The third kappa shape index (κ3) is 4.56. The Morgan fingerprint density at radius 2 is 1.45 bits per heavy atom. The van der Waals surface area contributed by atoms with Crippen LogP contribution in [0.4, 0.5) is 0 Å². The van der Waals surface area contributed by atoms with Crippen LogP contribution in [0.5, 0.6) is 0 Å². The molecule has 0 bridgehead atoms. The maximum atomic E-state index is 6.60. The van der Waals surface area contributed by atoms with Crippen molar-refractivity contribution in [2.24, 2.45) is 0 Å². The van der Waals surface area contributed by atoms with E-state index in [1.807, 2.05) is 6.07 Å². The van der Waals surface area contributed by atoms with E-state index in [9.17, 15) is 0 Å². The third-order valence-electron chi connectivity index (χ3n) is 4.86. The quantitative estimate of drug-likeness (QED) is 0.365. The predicted molar refractivity (Wildman–Crippen MR) is 102 cm³/mol. The maximum absolute atomic E-state index is 6.60. The molecule has 22 heavy (non-hydrogen) atoms. The van der Waals surface area contributed by atoms with Crippen LogP contribution < -0.4 is 0 Å². The van der Waals surface area contributed by atoms with Gasteiger partial charge in [-0.15, -0.1) is 0 Å². The molecule has 0 atom stereocenters. The van der Waals surface area contributed by atoms with Gasteiger partial charge in [0, 0.05) is 6.61 Å². The molecule has 0 heterocycles. The van der Waals surface area contributed by atoms with Crippen molar-refractivity contribution in [2.75, 3.05) is 6.61 Å². The zero-order valence-electron chi connectivity index (χ0n) is 15.4. The van der Waals surface area contributed by atoms with Crippen molar-refractivity contribution < 1.29 is 4.43 Å². The van der Waals surface area contributed by atoms with Gasteiger partial charge in [-0.05, 0) is 40.6 Å². The van der Waals surface area contributed by atoms with Crippen LogP contribution in [0.15, 0.2) is 36.9 Å². The highest BCUT2D eigenvalue weighted by molar-refractivity contribution is 6.77. The van der Waals surface area contributed by atoms with Crippen LogP contribution in [0.25, 0.3) is 5.57 Å². The molecule has 0 amide bonds. The van der Waals surface area contributed by atoms with Crippen molar-refractivity contribution in [3.05, 3.63) is 42.5 Å². The Balaban J connectivity index is 2.55. The molecule has 0 radical (unpaired) electrons. The molecule has 0 saturated heterocycles. The molecule has 0 aromatic heterocycles. The van der Waals surface area contributed by atoms with Crippen molar-refractivity contribution in [1.82, 2.24) is 0 Å². The summed E-state index contributed by atoms with van der Waals surface area (Å²) in [6, 6.07) is 10.5. The first-order chi connectivity index (χ1) is 10.3. The predicted octanol–water partition coefficient (Wildman–Crippen LogP) is 6.67. The molecule has 0 saturated carbocycles. The van der Waals surface area contributed by atoms with E-state index in [1.54, 1.807) is 0 Å². The topological polar surface area (TPSA) is 9.23 Å². The van der Waals surface area contributed by atoms with Gasteiger partial charge in [-0.3, -0.25) is 0 Å². The molecule has 0 unspecified atom stereocenters. The highest BCUT2D eigenvalue weighted by Crippen LogP contribution is 2.42. The fourth-order valence-electron chi connectivity index (χ4n) is 3.85. The molecule has 0 spiro atoms. The summed E-state index contributed by atoms with van der Waals surface area (Å²) in [4.78, 5) is 0. The average Bonchev–Trinajstić information content (AvgIpc) is 2.46. The molecule has 1 nitrogen and oxygen atoms in total. The van der Waals surface area contributed by atoms with E-state index in [2.05, 4.69) is 72.4 Å². The van der Waals surface area contributed by atoms with Crippen LogP contribution in [-0.4, -0.2) is 14.9 Å². The Hall–Kier alpha value is -0.863. The number of allylic oxidation sites excluding steroid dienone is 1. The first kappa shape index (κ1) is 19.2. The standard InChI is InChI=1S/C20H34OSi/c1-16(2)22(17(3)4,18(5)6)21-15-11-12-19(7)20-13-9-8-10-14-20/h8-10,13-14,16-18H,7,11-12,15H2,1-6H3. The lowest BCUT2D eigenvalue weighted by molar-refractivity contribution is 0.274. The Labute approximate surface area is 138 Å². The van der Waals surface area contributed by atoms with Gasteiger partial charge in [-0.25, -0.2) is 0 Å². The Bertz CT molecular complexity index is 426. The summed E-state index contributed by atoms with van der Waals surface area (Å²) >= 11 is 0. The minimum Gasteiger partial charge on any atom is -0.416 e. The normalized spacial score (nSPS) is 12.4. The van der Waals surface area contributed by atoms with Gasteiger partial charge in [0.1, 0.15) is 0 Å². The van der Waals surface area contributed by atoms with Gasteiger partial charge >= 0.3 is 0 Å². The van der Waals surface area contributed by atoms with Crippen molar-refractivity contribution in [3.63, 3.8) is 0 Å². The monoisotopic (exact) mass is 318 g/mol. The number of hydrogen-bond donors (Lipinski definition) is 0. The average molecular weight is 319 g/mol. The summed E-state index contributed by atoms with van der Waals surface area (Å²) in [5, 5.41) is 0. The van der Waals surface area contributed by atoms with Crippen LogP contribution in [0.1, 0.15) is 59.9 Å². The van der Waals surface area contributed by atoms with E-state index >= 15 is 0 Å². The Morgan fingerprint density at radius 1 is 0.955 bits per heavy atom. The van der Waals surface area contributed by atoms with E-state index in [-0.39, 0.29) is 0 Å². The second-order valence-corrected chi connectivity index (χ2v) is 12.7. The molecule has 1 aromatic carbocycles. The van der Waals surface area contributed by atoms with Gasteiger partial charge in [0.15, 0.2) is 8.32 Å². The van der Waals surface area contributed by atoms with Gasteiger partial charge in [0.05, 0.1) is 0 Å². The lowest BCUT2D eigenvalue weighted by Gasteiger charge is -2.42. The molecule has 0 fully saturated rings. The summed E-state index contributed by atoms with van der Waals surface area (Å²) in [6.45, 7) is 19.1. The van der Waals surface area contributed by atoms with E-state index < -0.39 is 8.32 Å². The van der Waals surface area contributed by atoms with Crippen LogP contribution >= 0.6 is 0 Å². The third-order valence-corrected chi connectivity index (χ3v) is 11.0. The minimum absolute atomic E-state index is 0.657. The highest BCUT2D eigenvalue weighted by Gasteiger charge is 2.44. The fourth-order valence-corrected chi connectivity index (χ4v) is 9.35. The Kier molecular flexibility index (Phi) is 7.57. The second kappa shape index (κ2) is 8.69. The van der Waals surface area contributed by atoms with Gasteiger partial charge in [-0.2, -0.15) is 0 Å². The van der Waals surface area contributed by atoms with Crippen molar-refractivity contribution in [1.29, 1.82) is 0 Å². The zero-order chi connectivity index (χ0) is 16.8. The number of benzene rings is 1. The summed E-state index contributed by atoms with van der Waals surface area (Å²) in [6.07, 6.45) is 2.08. The first-order valence-electron chi connectivity index (χ1n) is 8.69. The first-order valence-corrected chi connectivity index (χ1v) is 10.8. The molecule has 124 valence electrons. The fraction of sp³-hybridized carbons (Fsp3) is 0.600.